The van der Waals surface area contributed by atoms with E-state index in [1.807, 2.05) is 54.6 Å². The molecule has 1 aromatic heterocycles. The van der Waals surface area contributed by atoms with Crippen LogP contribution in [-0.4, -0.2) is 53.1 Å². The van der Waals surface area contributed by atoms with Gasteiger partial charge in [-0.1, -0.05) is 60.7 Å². The molecule has 7 nitrogen and oxygen atoms in total. The summed E-state index contributed by atoms with van der Waals surface area (Å²) in [6.07, 6.45) is 0.987. The number of aromatic nitrogens is 2. The normalized spacial score (nSPS) is 17.2. The van der Waals surface area contributed by atoms with Crippen LogP contribution < -0.4 is 0 Å². The van der Waals surface area contributed by atoms with Crippen molar-refractivity contribution in [3.63, 3.8) is 0 Å². The Labute approximate surface area is 199 Å². The minimum absolute atomic E-state index is 0.00827. The standard InChI is InChI=1S/C26H26N4O3S/c31-25(16-15-20-9-3-1-4-10-20)30-18-17-29(34(32,33)21-11-5-2-6-12-21)19-24(30)26-27-22-13-7-8-14-23(22)28-26/h1-14,24H,15-19H2,(H,27,28). The van der Waals surface area contributed by atoms with Gasteiger partial charge in [-0.15, -0.1) is 0 Å². The van der Waals surface area contributed by atoms with Crippen LogP contribution in [0.15, 0.2) is 89.8 Å². The quantitative estimate of drug-likeness (QED) is 0.461. The fraction of sp³-hybridized carbons (Fsp3) is 0.231. The number of imidazole rings is 1. The zero-order valence-electron chi connectivity index (χ0n) is 18.7. The van der Waals surface area contributed by atoms with Gasteiger partial charge in [0.25, 0.3) is 0 Å². The van der Waals surface area contributed by atoms with Crippen LogP contribution in [0, 0.1) is 0 Å². The van der Waals surface area contributed by atoms with Crippen LogP contribution in [0.1, 0.15) is 23.9 Å². The number of carbonyl (C=O) groups excluding carboxylic acids is 1. The zero-order valence-corrected chi connectivity index (χ0v) is 19.5. The largest absolute Gasteiger partial charge is 0.340 e. The summed E-state index contributed by atoms with van der Waals surface area (Å²) < 4.78 is 28.1. The van der Waals surface area contributed by atoms with E-state index in [9.17, 15) is 13.2 Å². The third-order valence-corrected chi connectivity index (χ3v) is 8.12. The number of benzene rings is 3. The maximum Gasteiger partial charge on any atom is 0.243 e. The highest BCUT2D eigenvalue weighted by atomic mass is 32.2. The molecule has 1 unspecified atom stereocenters. The van der Waals surface area contributed by atoms with Crippen LogP contribution in [0.25, 0.3) is 11.0 Å². The number of carbonyl (C=O) groups is 1. The fourth-order valence-electron chi connectivity index (χ4n) is 4.42. The second-order valence-electron chi connectivity index (χ2n) is 8.40. The van der Waals surface area contributed by atoms with E-state index in [1.54, 1.807) is 35.2 Å². The second-order valence-corrected chi connectivity index (χ2v) is 10.3. The van der Waals surface area contributed by atoms with Crippen LogP contribution in [0.5, 0.6) is 0 Å². The number of aromatic amines is 1. The molecular formula is C26H26N4O3S. The third-order valence-electron chi connectivity index (χ3n) is 6.24. The number of H-pyrrole nitrogens is 1. The van der Waals surface area contributed by atoms with Crippen LogP contribution in [0.2, 0.25) is 0 Å². The molecule has 5 rings (SSSR count). The summed E-state index contributed by atoms with van der Waals surface area (Å²) in [6, 6.07) is 25.5. The number of hydrogen-bond donors (Lipinski definition) is 1. The molecule has 8 heteroatoms. The van der Waals surface area contributed by atoms with Gasteiger partial charge in [0, 0.05) is 26.1 Å². The molecule has 34 heavy (non-hydrogen) atoms. The maximum absolute atomic E-state index is 13.3. The molecule has 174 valence electrons. The molecule has 1 aliphatic heterocycles. The van der Waals surface area contributed by atoms with Gasteiger partial charge in [0.2, 0.25) is 15.9 Å². The molecule has 0 spiro atoms. The Bertz CT molecular complexity index is 1350. The number of hydrogen-bond acceptors (Lipinski definition) is 4. The molecule has 1 aliphatic rings. The van der Waals surface area contributed by atoms with E-state index in [1.165, 1.54) is 4.31 Å². The van der Waals surface area contributed by atoms with Crippen molar-refractivity contribution in [1.82, 2.24) is 19.2 Å². The van der Waals surface area contributed by atoms with Gasteiger partial charge in [0.1, 0.15) is 11.9 Å². The highest BCUT2D eigenvalue weighted by Crippen LogP contribution is 2.29. The summed E-state index contributed by atoms with van der Waals surface area (Å²) in [5.41, 5.74) is 2.75. The van der Waals surface area contributed by atoms with Gasteiger partial charge < -0.3 is 9.88 Å². The number of rotatable bonds is 6. The Hall–Kier alpha value is -3.49. The van der Waals surface area contributed by atoms with Crippen LogP contribution in [-0.2, 0) is 21.2 Å². The highest BCUT2D eigenvalue weighted by Gasteiger charge is 2.38. The molecular weight excluding hydrogens is 448 g/mol. The summed E-state index contributed by atoms with van der Waals surface area (Å²) in [5, 5.41) is 0. The lowest BCUT2D eigenvalue weighted by molar-refractivity contribution is -0.135. The molecule has 0 bridgehead atoms. The van der Waals surface area contributed by atoms with Gasteiger partial charge in [-0.3, -0.25) is 4.79 Å². The molecule has 4 aromatic rings. The van der Waals surface area contributed by atoms with Gasteiger partial charge in [0.05, 0.1) is 15.9 Å². The number of nitrogens with zero attached hydrogens (tertiary/aromatic N) is 3. The van der Waals surface area contributed by atoms with Crippen molar-refractivity contribution < 1.29 is 13.2 Å². The molecule has 0 saturated carbocycles. The minimum atomic E-state index is -3.68. The lowest BCUT2D eigenvalue weighted by Crippen LogP contribution is -2.52. The Morgan fingerprint density at radius 2 is 1.59 bits per heavy atom. The van der Waals surface area contributed by atoms with E-state index in [0.717, 1.165) is 16.6 Å². The summed E-state index contributed by atoms with van der Waals surface area (Å²) >= 11 is 0. The fourth-order valence-corrected chi connectivity index (χ4v) is 5.88. The summed E-state index contributed by atoms with van der Waals surface area (Å²) in [6.45, 7) is 0.695. The highest BCUT2D eigenvalue weighted by molar-refractivity contribution is 7.89. The first-order chi connectivity index (χ1) is 16.5. The van der Waals surface area contributed by atoms with Crippen molar-refractivity contribution >= 4 is 27.0 Å². The average Bonchev–Trinajstić information content (AvgIpc) is 3.32. The Kier molecular flexibility index (Phi) is 6.17. The van der Waals surface area contributed by atoms with E-state index in [-0.39, 0.29) is 23.9 Å². The number of piperazine rings is 1. The van der Waals surface area contributed by atoms with E-state index in [0.29, 0.717) is 25.2 Å². The van der Waals surface area contributed by atoms with Crippen LogP contribution >= 0.6 is 0 Å². The van der Waals surface area contributed by atoms with Crippen molar-refractivity contribution in [1.29, 1.82) is 0 Å². The predicted octanol–water partition coefficient (Wildman–Crippen LogP) is 3.77. The van der Waals surface area contributed by atoms with E-state index >= 15 is 0 Å². The topological polar surface area (TPSA) is 86.4 Å². The SMILES string of the molecule is O=C(CCc1ccccc1)N1CCN(S(=O)(=O)c2ccccc2)CC1c1nc2ccccc2[nH]1. The van der Waals surface area contributed by atoms with Gasteiger partial charge in [-0.2, -0.15) is 4.31 Å². The monoisotopic (exact) mass is 474 g/mol. The average molecular weight is 475 g/mol. The molecule has 1 fully saturated rings. The Morgan fingerprint density at radius 3 is 2.32 bits per heavy atom. The Morgan fingerprint density at radius 1 is 0.912 bits per heavy atom. The third kappa shape index (κ3) is 4.47. The van der Waals surface area contributed by atoms with Crippen LogP contribution in [0.3, 0.4) is 0 Å². The van der Waals surface area contributed by atoms with E-state index < -0.39 is 16.1 Å². The molecule has 2 heterocycles. The molecule has 1 saturated heterocycles. The lowest BCUT2D eigenvalue weighted by atomic mass is 10.1. The number of aryl methyl sites for hydroxylation is 1. The van der Waals surface area contributed by atoms with Crippen molar-refractivity contribution in [2.24, 2.45) is 0 Å². The van der Waals surface area contributed by atoms with Crippen molar-refractivity contribution in [3.8, 4) is 0 Å². The van der Waals surface area contributed by atoms with Crippen LogP contribution in [0.4, 0.5) is 0 Å². The predicted molar refractivity (Wildman–Crippen MR) is 131 cm³/mol. The van der Waals surface area contributed by atoms with Crippen molar-refractivity contribution in [3.05, 3.63) is 96.3 Å². The number of amides is 1. The smallest absolute Gasteiger partial charge is 0.243 e. The number of nitrogens with one attached hydrogen (secondary N) is 1. The minimum Gasteiger partial charge on any atom is -0.340 e. The van der Waals surface area contributed by atoms with Gasteiger partial charge >= 0.3 is 0 Å². The number of para-hydroxylation sites is 2. The van der Waals surface area contributed by atoms with E-state index in [4.69, 9.17) is 4.98 Å². The summed E-state index contributed by atoms with van der Waals surface area (Å²) in [4.78, 5) is 23.4. The Balaban J connectivity index is 1.43. The molecule has 0 radical (unpaired) electrons. The lowest BCUT2D eigenvalue weighted by Gasteiger charge is -2.40. The van der Waals surface area contributed by atoms with E-state index in [2.05, 4.69) is 4.98 Å². The maximum atomic E-state index is 13.3. The molecule has 1 atom stereocenters. The second kappa shape index (κ2) is 9.40. The molecule has 3 aromatic carbocycles. The van der Waals surface area contributed by atoms with Gasteiger partial charge in [-0.05, 0) is 36.2 Å². The number of sulfonamides is 1. The van der Waals surface area contributed by atoms with Crippen molar-refractivity contribution in [2.75, 3.05) is 19.6 Å². The summed E-state index contributed by atoms with van der Waals surface area (Å²) in [5.74, 6) is 0.591. The van der Waals surface area contributed by atoms with Gasteiger partial charge in [-0.25, -0.2) is 13.4 Å². The van der Waals surface area contributed by atoms with Crippen molar-refractivity contribution in [2.45, 2.75) is 23.8 Å². The zero-order chi connectivity index (χ0) is 23.5. The molecule has 1 amide bonds. The first kappa shape index (κ1) is 22.3. The molecule has 0 aliphatic carbocycles. The number of fused-ring (bicyclic) bond motifs is 1. The molecule has 1 N–H and O–H groups in total. The first-order valence-electron chi connectivity index (χ1n) is 11.4. The summed E-state index contributed by atoms with van der Waals surface area (Å²) in [7, 11) is -3.68. The van der Waals surface area contributed by atoms with Gasteiger partial charge in [0.15, 0.2) is 0 Å². The first-order valence-corrected chi connectivity index (χ1v) is 12.8.